The van der Waals surface area contributed by atoms with Gasteiger partial charge < -0.3 is 0 Å². The van der Waals surface area contributed by atoms with Gasteiger partial charge in [-0.2, -0.15) is 0 Å². The minimum Gasteiger partial charge on any atom is -0.0827 e. The second kappa shape index (κ2) is 6.11. The first-order valence-corrected chi connectivity index (χ1v) is 7.36. The second-order valence-electron chi connectivity index (χ2n) is 4.03. The van der Waals surface area contributed by atoms with Gasteiger partial charge in [-0.15, -0.1) is 0 Å². The molecule has 0 nitrogen and oxygen atoms in total. The maximum absolute atomic E-state index is 6.24. The average Bonchev–Trinajstić information content (AvgIpc) is 2.35. The topological polar surface area (TPSA) is 0 Å². The molecule has 19 heavy (non-hydrogen) atoms. The Kier molecular flexibility index (Phi) is 4.92. The molecular formula is C14H9Cl5. The molecule has 5 heteroatoms. The van der Waals surface area contributed by atoms with Crippen LogP contribution in [-0.4, -0.2) is 3.79 Å². The number of benzene rings is 2. The number of hydrogen-bond donors (Lipinski definition) is 0. The summed E-state index contributed by atoms with van der Waals surface area (Å²) < 4.78 is -1.52. The molecule has 1 unspecified atom stereocenters. The fraction of sp³-hybridized carbons (Fsp3) is 0.143. The van der Waals surface area contributed by atoms with E-state index in [0.717, 1.165) is 5.56 Å². The molecule has 2 aromatic carbocycles. The maximum Gasteiger partial charge on any atom is 0.201 e. The summed E-state index contributed by atoms with van der Waals surface area (Å²) in [6.45, 7) is 0. The molecule has 0 N–H and O–H groups in total. The molecule has 0 amide bonds. The van der Waals surface area contributed by atoms with E-state index in [2.05, 4.69) is 0 Å². The third kappa shape index (κ3) is 3.51. The highest BCUT2D eigenvalue weighted by Gasteiger charge is 2.36. The zero-order valence-electron chi connectivity index (χ0n) is 9.59. The Balaban J connectivity index is 2.60. The highest BCUT2D eigenvalue weighted by molar-refractivity contribution is 6.68. The number of rotatable bonds is 2. The normalized spacial score (nSPS) is 13.3. The lowest BCUT2D eigenvalue weighted by Gasteiger charge is -2.26. The average molecular weight is 354 g/mol. The fourth-order valence-electron chi connectivity index (χ4n) is 1.93. The Bertz CT molecular complexity index is 560. The van der Waals surface area contributed by atoms with E-state index in [1.54, 1.807) is 12.1 Å². The molecule has 0 heterocycles. The fourth-order valence-corrected chi connectivity index (χ4v) is 3.08. The summed E-state index contributed by atoms with van der Waals surface area (Å²) >= 11 is 30.6. The summed E-state index contributed by atoms with van der Waals surface area (Å²) in [5, 5.41) is 0.846. The molecule has 2 rings (SSSR count). The molecule has 2 aromatic rings. The summed E-state index contributed by atoms with van der Waals surface area (Å²) in [6, 6.07) is 14.8. The van der Waals surface area contributed by atoms with Crippen molar-refractivity contribution in [1.82, 2.24) is 0 Å². The lowest BCUT2D eigenvalue weighted by atomic mass is 9.92. The Morgan fingerprint density at radius 3 is 2.00 bits per heavy atom. The molecule has 0 aliphatic carbocycles. The molecule has 0 radical (unpaired) electrons. The van der Waals surface area contributed by atoms with E-state index in [1.165, 1.54) is 0 Å². The first-order valence-electron chi connectivity index (χ1n) is 5.47. The van der Waals surface area contributed by atoms with Crippen molar-refractivity contribution in [3.63, 3.8) is 0 Å². The van der Waals surface area contributed by atoms with Gasteiger partial charge in [-0.1, -0.05) is 100 Å². The molecule has 0 aromatic heterocycles. The molecule has 0 bridgehead atoms. The number of halogens is 5. The summed E-state index contributed by atoms with van der Waals surface area (Å²) in [5.74, 6) is -0.482. The highest BCUT2D eigenvalue weighted by atomic mass is 35.6. The van der Waals surface area contributed by atoms with Gasteiger partial charge in [0.25, 0.3) is 0 Å². The van der Waals surface area contributed by atoms with Crippen LogP contribution in [0.5, 0.6) is 0 Å². The monoisotopic (exact) mass is 352 g/mol. The molecule has 0 spiro atoms. The molecule has 1 atom stereocenters. The van der Waals surface area contributed by atoms with Crippen LogP contribution in [0.4, 0.5) is 0 Å². The van der Waals surface area contributed by atoms with Crippen LogP contribution >= 0.6 is 58.0 Å². The van der Waals surface area contributed by atoms with Crippen molar-refractivity contribution in [2.75, 3.05) is 0 Å². The third-order valence-electron chi connectivity index (χ3n) is 2.75. The minimum atomic E-state index is -1.52. The van der Waals surface area contributed by atoms with Crippen molar-refractivity contribution in [1.29, 1.82) is 0 Å². The van der Waals surface area contributed by atoms with Crippen LogP contribution in [0.1, 0.15) is 17.0 Å². The first-order chi connectivity index (χ1) is 8.91. The second-order valence-corrected chi connectivity index (χ2v) is 7.18. The highest BCUT2D eigenvalue weighted by Crippen LogP contribution is 2.48. The van der Waals surface area contributed by atoms with Crippen LogP contribution in [0.2, 0.25) is 10.0 Å². The zero-order valence-corrected chi connectivity index (χ0v) is 13.4. The van der Waals surface area contributed by atoms with Crippen LogP contribution in [0.15, 0.2) is 48.5 Å². The van der Waals surface area contributed by atoms with E-state index in [1.807, 2.05) is 36.4 Å². The molecule has 0 aliphatic heterocycles. The molecule has 0 saturated heterocycles. The molecule has 100 valence electrons. The molecule has 0 fully saturated rings. The summed E-state index contributed by atoms with van der Waals surface area (Å²) in [5.41, 5.74) is 1.56. The van der Waals surface area contributed by atoms with Crippen molar-refractivity contribution in [3.8, 4) is 0 Å². The largest absolute Gasteiger partial charge is 0.201 e. The van der Waals surface area contributed by atoms with Gasteiger partial charge in [-0.05, 0) is 17.2 Å². The van der Waals surface area contributed by atoms with Crippen LogP contribution in [-0.2, 0) is 0 Å². The van der Waals surface area contributed by atoms with E-state index < -0.39 is 9.71 Å². The lowest BCUT2D eigenvalue weighted by molar-refractivity contribution is 0.839. The van der Waals surface area contributed by atoms with E-state index in [0.29, 0.717) is 15.6 Å². The summed E-state index contributed by atoms with van der Waals surface area (Å²) in [6.07, 6.45) is 0. The van der Waals surface area contributed by atoms with Crippen molar-refractivity contribution >= 4 is 58.0 Å². The van der Waals surface area contributed by atoms with Gasteiger partial charge in [0, 0.05) is 0 Å². The molecule has 0 saturated carbocycles. The molecule has 0 aliphatic rings. The number of hydrogen-bond acceptors (Lipinski definition) is 0. The SMILES string of the molecule is Clc1cccc(C(c2ccccc2)C(Cl)(Cl)Cl)c1Cl. The van der Waals surface area contributed by atoms with Crippen LogP contribution in [0.25, 0.3) is 0 Å². The smallest absolute Gasteiger partial charge is 0.0827 e. The standard InChI is InChI=1S/C14H9Cl5/c15-11-8-4-7-10(13(11)16)12(14(17,18)19)9-5-2-1-3-6-9/h1-8,12H. The van der Waals surface area contributed by atoms with Gasteiger partial charge in [0.05, 0.1) is 16.0 Å². The van der Waals surface area contributed by atoms with Crippen LogP contribution < -0.4 is 0 Å². The van der Waals surface area contributed by atoms with Crippen LogP contribution in [0.3, 0.4) is 0 Å². The zero-order chi connectivity index (χ0) is 14.0. The summed E-state index contributed by atoms with van der Waals surface area (Å²) in [7, 11) is 0. The van der Waals surface area contributed by atoms with Gasteiger partial charge in [0.1, 0.15) is 0 Å². The van der Waals surface area contributed by atoms with Gasteiger partial charge >= 0.3 is 0 Å². The Morgan fingerprint density at radius 1 is 0.789 bits per heavy atom. The Morgan fingerprint density at radius 2 is 1.42 bits per heavy atom. The summed E-state index contributed by atoms with van der Waals surface area (Å²) in [4.78, 5) is 0. The van der Waals surface area contributed by atoms with E-state index >= 15 is 0 Å². The van der Waals surface area contributed by atoms with E-state index in [-0.39, 0.29) is 0 Å². The van der Waals surface area contributed by atoms with E-state index in [9.17, 15) is 0 Å². The predicted octanol–water partition coefficient (Wildman–Crippen LogP) is 6.50. The van der Waals surface area contributed by atoms with Crippen molar-refractivity contribution in [2.24, 2.45) is 0 Å². The van der Waals surface area contributed by atoms with Gasteiger partial charge in [0.15, 0.2) is 0 Å². The maximum atomic E-state index is 6.24. The predicted molar refractivity (Wildman–Crippen MR) is 85.0 cm³/mol. The third-order valence-corrected chi connectivity index (χ3v) is 4.24. The quantitative estimate of drug-likeness (QED) is 0.540. The minimum absolute atomic E-state index is 0.407. The van der Waals surface area contributed by atoms with Gasteiger partial charge in [0.2, 0.25) is 3.79 Å². The molecular weight excluding hydrogens is 345 g/mol. The van der Waals surface area contributed by atoms with Gasteiger partial charge in [-0.3, -0.25) is 0 Å². The first kappa shape index (κ1) is 15.3. The lowest BCUT2D eigenvalue weighted by Crippen LogP contribution is -2.19. The Labute approximate surface area is 137 Å². The van der Waals surface area contributed by atoms with Crippen molar-refractivity contribution < 1.29 is 0 Å². The van der Waals surface area contributed by atoms with Crippen LogP contribution in [0, 0.1) is 0 Å². The number of alkyl halides is 3. The van der Waals surface area contributed by atoms with E-state index in [4.69, 9.17) is 58.0 Å². The van der Waals surface area contributed by atoms with Crippen molar-refractivity contribution in [3.05, 3.63) is 69.7 Å². The van der Waals surface area contributed by atoms with Crippen molar-refractivity contribution in [2.45, 2.75) is 9.71 Å². The Hall–Kier alpha value is -0.110. The van der Waals surface area contributed by atoms with Gasteiger partial charge in [-0.25, -0.2) is 0 Å².